The molecule has 0 bridgehead atoms. The first-order valence-electron chi connectivity index (χ1n) is 8.15. The Hall–Kier alpha value is -1.77. The molecule has 0 radical (unpaired) electrons. The van der Waals surface area contributed by atoms with Gasteiger partial charge >= 0.3 is 5.51 Å². The Bertz CT molecular complexity index is 735. The average Bonchev–Trinajstić information content (AvgIpc) is 3.39. The molecule has 1 saturated carbocycles. The van der Waals surface area contributed by atoms with E-state index in [1.165, 1.54) is 12.1 Å². The molecule has 3 rings (SSSR count). The fraction of sp³-hybridized carbons (Fsp3) is 0.562. The predicted molar refractivity (Wildman–Crippen MR) is 85.8 cm³/mol. The molecule has 9 heteroatoms. The highest BCUT2D eigenvalue weighted by atomic mass is 32.2. The van der Waals surface area contributed by atoms with Crippen molar-refractivity contribution in [2.75, 3.05) is 18.0 Å². The van der Waals surface area contributed by atoms with Gasteiger partial charge in [-0.25, -0.2) is 8.42 Å². The quantitative estimate of drug-likeness (QED) is 0.877. The number of benzene rings is 1. The summed E-state index contributed by atoms with van der Waals surface area (Å²) in [5, 5.41) is 3.03. The second-order valence-corrected chi connectivity index (χ2v) is 8.43. The van der Waals surface area contributed by atoms with E-state index < -0.39 is 20.2 Å². The van der Waals surface area contributed by atoms with Crippen LogP contribution in [0, 0.1) is 5.92 Å². The third kappa shape index (κ3) is 3.91. The minimum atomic E-state index is -5.31. The molecule has 1 N–H and O–H groups in total. The normalized spacial score (nSPS) is 19.7. The van der Waals surface area contributed by atoms with Gasteiger partial charge < -0.3 is 10.2 Å². The molecular formula is C16H19F3N2O3S. The first-order valence-corrected chi connectivity index (χ1v) is 9.63. The summed E-state index contributed by atoms with van der Waals surface area (Å²) in [5.41, 5.74) is -4.62. The fourth-order valence-corrected chi connectivity index (χ4v) is 3.68. The van der Waals surface area contributed by atoms with E-state index in [9.17, 15) is 26.4 Å². The van der Waals surface area contributed by atoms with E-state index in [0.29, 0.717) is 18.8 Å². The van der Waals surface area contributed by atoms with Crippen molar-refractivity contribution in [3.63, 3.8) is 0 Å². The highest BCUT2D eigenvalue weighted by Gasteiger charge is 2.46. The van der Waals surface area contributed by atoms with Gasteiger partial charge in [-0.05, 0) is 49.9 Å². The first kappa shape index (κ1) is 18.0. The summed E-state index contributed by atoms with van der Waals surface area (Å²) in [6.45, 7) is 1.31. The summed E-state index contributed by atoms with van der Waals surface area (Å²) in [7, 11) is -5.31. The van der Waals surface area contributed by atoms with Crippen LogP contribution in [0.5, 0.6) is 0 Å². The Balaban J connectivity index is 1.59. The second kappa shape index (κ2) is 6.51. The smallest absolute Gasteiger partial charge is 0.371 e. The van der Waals surface area contributed by atoms with Crippen LogP contribution >= 0.6 is 0 Å². The summed E-state index contributed by atoms with van der Waals surface area (Å²) >= 11 is 0. The fourth-order valence-electron chi connectivity index (χ4n) is 2.92. The number of rotatable bonds is 4. The van der Waals surface area contributed by atoms with Gasteiger partial charge in [-0.3, -0.25) is 4.79 Å². The van der Waals surface area contributed by atoms with Gasteiger partial charge in [0.2, 0.25) is 5.91 Å². The van der Waals surface area contributed by atoms with Crippen LogP contribution in [0.25, 0.3) is 0 Å². The van der Waals surface area contributed by atoms with E-state index in [1.807, 2.05) is 4.90 Å². The average molecular weight is 376 g/mol. The van der Waals surface area contributed by atoms with Crippen molar-refractivity contribution in [1.82, 2.24) is 5.32 Å². The van der Waals surface area contributed by atoms with Crippen LogP contribution in [0.4, 0.5) is 18.9 Å². The number of nitrogens with one attached hydrogen (secondary N) is 1. The molecular weight excluding hydrogens is 357 g/mol. The van der Waals surface area contributed by atoms with E-state index in [2.05, 4.69) is 5.32 Å². The number of sulfone groups is 1. The number of nitrogens with zero attached hydrogens (tertiary/aromatic N) is 1. The highest BCUT2D eigenvalue weighted by Crippen LogP contribution is 2.32. The van der Waals surface area contributed by atoms with E-state index in [1.54, 1.807) is 0 Å². The Morgan fingerprint density at radius 3 is 2.08 bits per heavy atom. The third-order valence-electron chi connectivity index (χ3n) is 4.61. The topological polar surface area (TPSA) is 66.5 Å². The van der Waals surface area contributed by atoms with Crippen molar-refractivity contribution < 1.29 is 26.4 Å². The molecule has 138 valence electrons. The zero-order valence-electron chi connectivity index (χ0n) is 13.4. The molecule has 0 spiro atoms. The number of carbonyl (C=O) groups is 1. The van der Waals surface area contributed by atoms with E-state index in [0.717, 1.165) is 37.8 Å². The van der Waals surface area contributed by atoms with Crippen molar-refractivity contribution in [1.29, 1.82) is 0 Å². The van der Waals surface area contributed by atoms with E-state index in [4.69, 9.17) is 0 Å². The van der Waals surface area contributed by atoms with E-state index in [-0.39, 0.29) is 17.9 Å². The molecule has 5 nitrogen and oxygen atoms in total. The molecule has 1 saturated heterocycles. The summed E-state index contributed by atoms with van der Waals surface area (Å²) in [6.07, 6.45) is 3.41. The number of carbonyl (C=O) groups excluding carboxylic acids is 1. The Labute approximate surface area is 144 Å². The lowest BCUT2D eigenvalue weighted by molar-refractivity contribution is -0.123. The van der Waals surface area contributed by atoms with Crippen molar-refractivity contribution in [2.45, 2.75) is 42.1 Å². The van der Waals surface area contributed by atoms with Crippen molar-refractivity contribution in [3.8, 4) is 0 Å². The summed E-state index contributed by atoms with van der Waals surface area (Å²) in [5.74, 6) is 0.279. The second-order valence-electron chi connectivity index (χ2n) is 6.49. The predicted octanol–water partition coefficient (Wildman–Crippen LogP) is 2.48. The van der Waals surface area contributed by atoms with Crippen LogP contribution in [-0.4, -0.2) is 39.0 Å². The van der Waals surface area contributed by atoms with Crippen LogP contribution in [0.15, 0.2) is 29.2 Å². The van der Waals surface area contributed by atoms with Crippen molar-refractivity contribution >= 4 is 21.4 Å². The van der Waals surface area contributed by atoms with Gasteiger partial charge in [0.1, 0.15) is 0 Å². The number of halogens is 3. The molecule has 2 fully saturated rings. The van der Waals surface area contributed by atoms with Crippen LogP contribution in [0.1, 0.15) is 25.7 Å². The summed E-state index contributed by atoms with van der Waals surface area (Å²) in [6, 6.07) is 4.87. The molecule has 1 heterocycles. The zero-order chi connectivity index (χ0) is 18.2. The number of anilines is 1. The van der Waals surface area contributed by atoms with Crippen LogP contribution in [0.3, 0.4) is 0 Å². The van der Waals surface area contributed by atoms with Gasteiger partial charge in [-0.1, -0.05) is 0 Å². The number of alkyl halides is 3. The summed E-state index contributed by atoms with van der Waals surface area (Å²) < 4.78 is 60.4. The summed E-state index contributed by atoms with van der Waals surface area (Å²) in [4.78, 5) is 13.0. The molecule has 1 amide bonds. The van der Waals surface area contributed by atoms with Gasteiger partial charge in [0.05, 0.1) is 4.90 Å². The Morgan fingerprint density at radius 2 is 1.60 bits per heavy atom. The molecule has 1 aliphatic carbocycles. The number of hydrogen-bond acceptors (Lipinski definition) is 4. The molecule has 0 unspecified atom stereocenters. The van der Waals surface area contributed by atoms with E-state index >= 15 is 0 Å². The largest absolute Gasteiger partial charge is 0.501 e. The van der Waals surface area contributed by atoms with Crippen LogP contribution in [-0.2, 0) is 14.6 Å². The number of piperidine rings is 1. The number of hydrogen-bond donors (Lipinski definition) is 1. The van der Waals surface area contributed by atoms with Gasteiger partial charge in [0, 0.05) is 30.7 Å². The van der Waals surface area contributed by atoms with Crippen molar-refractivity contribution in [2.24, 2.45) is 5.92 Å². The highest BCUT2D eigenvalue weighted by molar-refractivity contribution is 7.92. The standard InChI is InChI=1S/C16H19F3N2O3S/c17-16(18,19)25(23,24)14-5-3-13(4-6-14)21-9-7-12(8-10-21)20-15(22)11-1-2-11/h3-6,11-12H,1-2,7-10H2,(H,20,22). The van der Waals surface area contributed by atoms with Gasteiger partial charge in [-0.2, -0.15) is 13.2 Å². The SMILES string of the molecule is O=C(NC1CCN(c2ccc(S(=O)(=O)C(F)(F)F)cc2)CC1)C1CC1. The lowest BCUT2D eigenvalue weighted by Gasteiger charge is -2.34. The number of amides is 1. The Kier molecular flexibility index (Phi) is 4.70. The maximum Gasteiger partial charge on any atom is 0.501 e. The molecule has 1 aromatic carbocycles. The Morgan fingerprint density at radius 1 is 1.04 bits per heavy atom. The molecule has 2 aliphatic rings. The minimum Gasteiger partial charge on any atom is -0.371 e. The van der Waals surface area contributed by atoms with Gasteiger partial charge in [0.25, 0.3) is 9.84 Å². The molecule has 0 atom stereocenters. The minimum absolute atomic E-state index is 0.111. The third-order valence-corrected chi connectivity index (χ3v) is 6.11. The molecule has 1 aliphatic heterocycles. The first-order chi connectivity index (χ1) is 11.7. The maximum atomic E-state index is 12.5. The van der Waals surface area contributed by atoms with Gasteiger partial charge in [-0.15, -0.1) is 0 Å². The lowest BCUT2D eigenvalue weighted by Crippen LogP contribution is -2.45. The van der Waals surface area contributed by atoms with Crippen molar-refractivity contribution in [3.05, 3.63) is 24.3 Å². The van der Waals surface area contributed by atoms with Crippen LogP contribution < -0.4 is 10.2 Å². The molecule has 25 heavy (non-hydrogen) atoms. The monoisotopic (exact) mass is 376 g/mol. The van der Waals surface area contributed by atoms with Crippen LogP contribution in [0.2, 0.25) is 0 Å². The lowest BCUT2D eigenvalue weighted by atomic mass is 10.0. The van der Waals surface area contributed by atoms with Gasteiger partial charge in [0.15, 0.2) is 0 Å². The zero-order valence-corrected chi connectivity index (χ0v) is 14.2. The molecule has 1 aromatic rings. The molecule has 0 aromatic heterocycles. The maximum absolute atomic E-state index is 12.5.